The molecule has 0 spiro atoms. The molecule has 1 heteroatoms. The topological polar surface area (TPSA) is 9.23 Å². The second-order valence-corrected chi connectivity index (χ2v) is 3.97. The van der Waals surface area contributed by atoms with Gasteiger partial charge in [0.25, 0.3) is 0 Å². The van der Waals surface area contributed by atoms with E-state index < -0.39 is 0 Å². The Morgan fingerprint density at radius 2 is 2.07 bits per heavy atom. The Bertz CT molecular complexity index is 374. The van der Waals surface area contributed by atoms with Gasteiger partial charge in [-0.3, -0.25) is 0 Å². The second kappa shape index (κ2) is 4.48. The van der Waals surface area contributed by atoms with Crippen LogP contribution in [0.3, 0.4) is 0 Å². The molecule has 0 aromatic heterocycles. The van der Waals surface area contributed by atoms with Crippen molar-refractivity contribution in [2.75, 3.05) is 7.11 Å². The maximum Gasteiger partial charge on any atom is 0.0860 e. The van der Waals surface area contributed by atoms with Gasteiger partial charge in [-0.25, -0.2) is 0 Å². The normalized spacial score (nSPS) is 25.3. The standard InChI is InChI=1S/C14H16O/c1-3-11-9-13(10-14(11)15-2)12-7-5-4-6-8-12/h4-8,13-14H,1,9-10H2,2H3/t13-,14?/m0/s1. The Kier molecular flexibility index (Phi) is 3.05. The van der Waals surface area contributed by atoms with Crippen LogP contribution in [0.2, 0.25) is 0 Å². The van der Waals surface area contributed by atoms with E-state index in [1.54, 1.807) is 7.11 Å². The largest absolute Gasteiger partial charge is 0.376 e. The number of hydrogen-bond acceptors (Lipinski definition) is 1. The van der Waals surface area contributed by atoms with E-state index >= 15 is 0 Å². The lowest BCUT2D eigenvalue weighted by Crippen LogP contribution is -2.06. The van der Waals surface area contributed by atoms with Crippen molar-refractivity contribution in [3.05, 3.63) is 53.8 Å². The summed E-state index contributed by atoms with van der Waals surface area (Å²) in [5.74, 6) is 0.570. The van der Waals surface area contributed by atoms with Crippen molar-refractivity contribution in [1.29, 1.82) is 0 Å². The fourth-order valence-electron chi connectivity index (χ4n) is 2.28. The minimum absolute atomic E-state index is 0.215. The summed E-state index contributed by atoms with van der Waals surface area (Å²) in [5.41, 5.74) is 5.61. The molecule has 2 rings (SSSR count). The molecule has 0 radical (unpaired) electrons. The quantitative estimate of drug-likeness (QED) is 0.666. The summed E-state index contributed by atoms with van der Waals surface area (Å²) in [7, 11) is 1.76. The smallest absolute Gasteiger partial charge is 0.0860 e. The summed E-state index contributed by atoms with van der Waals surface area (Å²) in [6.45, 7) is 3.73. The minimum Gasteiger partial charge on any atom is -0.376 e. The third-order valence-electron chi connectivity index (χ3n) is 3.14. The molecule has 15 heavy (non-hydrogen) atoms. The van der Waals surface area contributed by atoms with E-state index in [0.29, 0.717) is 5.92 Å². The SMILES string of the molecule is C=C=C1C[C@H](c2ccccc2)CC1OC. The van der Waals surface area contributed by atoms with Crippen LogP contribution in [0, 0.1) is 0 Å². The first-order valence-electron chi connectivity index (χ1n) is 5.31. The van der Waals surface area contributed by atoms with Crippen molar-refractivity contribution >= 4 is 0 Å². The molecule has 1 aromatic carbocycles. The van der Waals surface area contributed by atoms with Crippen molar-refractivity contribution in [3.8, 4) is 0 Å². The van der Waals surface area contributed by atoms with Crippen LogP contribution in [0.1, 0.15) is 24.3 Å². The zero-order valence-corrected chi connectivity index (χ0v) is 9.07. The van der Waals surface area contributed by atoms with Gasteiger partial charge in [-0.1, -0.05) is 36.9 Å². The van der Waals surface area contributed by atoms with Gasteiger partial charge >= 0.3 is 0 Å². The molecule has 0 saturated heterocycles. The Balaban J connectivity index is 2.19. The number of methoxy groups -OCH3 is 1. The van der Waals surface area contributed by atoms with Crippen LogP contribution in [-0.4, -0.2) is 13.2 Å². The highest BCUT2D eigenvalue weighted by atomic mass is 16.5. The van der Waals surface area contributed by atoms with Gasteiger partial charge in [0.05, 0.1) is 6.10 Å². The molecule has 1 aromatic rings. The van der Waals surface area contributed by atoms with E-state index in [9.17, 15) is 0 Å². The molecule has 0 N–H and O–H groups in total. The van der Waals surface area contributed by atoms with E-state index in [2.05, 4.69) is 42.6 Å². The molecular formula is C14H16O. The monoisotopic (exact) mass is 200 g/mol. The minimum atomic E-state index is 0.215. The number of rotatable bonds is 2. The fourth-order valence-corrected chi connectivity index (χ4v) is 2.28. The lowest BCUT2D eigenvalue weighted by molar-refractivity contribution is 0.135. The van der Waals surface area contributed by atoms with Gasteiger partial charge in [0.1, 0.15) is 0 Å². The molecule has 78 valence electrons. The predicted octanol–water partition coefficient (Wildman–Crippen LogP) is 3.29. The summed E-state index contributed by atoms with van der Waals surface area (Å²) in [5, 5.41) is 0. The van der Waals surface area contributed by atoms with Gasteiger partial charge in [0.2, 0.25) is 0 Å². The summed E-state index contributed by atoms with van der Waals surface area (Å²) in [6.07, 6.45) is 2.30. The van der Waals surface area contributed by atoms with Crippen LogP contribution in [0.4, 0.5) is 0 Å². The van der Waals surface area contributed by atoms with Gasteiger partial charge in [-0.15, -0.1) is 5.73 Å². The molecule has 1 aliphatic carbocycles. The molecule has 0 bridgehead atoms. The van der Waals surface area contributed by atoms with E-state index in [0.717, 1.165) is 12.8 Å². The van der Waals surface area contributed by atoms with Gasteiger partial charge in [-0.2, -0.15) is 0 Å². The van der Waals surface area contributed by atoms with Gasteiger partial charge < -0.3 is 4.74 Å². The van der Waals surface area contributed by atoms with Crippen LogP contribution >= 0.6 is 0 Å². The highest BCUT2D eigenvalue weighted by molar-refractivity contribution is 5.27. The molecule has 1 fully saturated rings. The van der Waals surface area contributed by atoms with E-state index in [-0.39, 0.29) is 6.10 Å². The first kappa shape index (κ1) is 10.2. The van der Waals surface area contributed by atoms with E-state index in [4.69, 9.17) is 4.74 Å². The first-order chi connectivity index (χ1) is 7.35. The molecule has 2 atom stereocenters. The molecule has 1 unspecified atom stereocenters. The van der Waals surface area contributed by atoms with Crippen LogP contribution in [0.15, 0.2) is 48.2 Å². The number of ether oxygens (including phenoxy) is 1. The molecule has 0 aliphatic heterocycles. The number of benzene rings is 1. The lowest BCUT2D eigenvalue weighted by Gasteiger charge is -2.09. The van der Waals surface area contributed by atoms with E-state index in [1.165, 1.54) is 11.1 Å². The van der Waals surface area contributed by atoms with Gasteiger partial charge in [-0.05, 0) is 24.3 Å². The molecule has 1 nitrogen and oxygen atoms in total. The average molecular weight is 200 g/mol. The second-order valence-electron chi connectivity index (χ2n) is 3.97. The van der Waals surface area contributed by atoms with Gasteiger partial charge in [0.15, 0.2) is 0 Å². The molecule has 1 aliphatic rings. The summed E-state index contributed by atoms with van der Waals surface area (Å²) < 4.78 is 5.43. The Labute approximate surface area is 91.1 Å². The van der Waals surface area contributed by atoms with Crippen molar-refractivity contribution in [2.24, 2.45) is 0 Å². The lowest BCUT2D eigenvalue weighted by atomic mass is 9.97. The maximum atomic E-state index is 5.43. The van der Waals surface area contributed by atoms with Crippen molar-refractivity contribution < 1.29 is 4.74 Å². The Morgan fingerprint density at radius 1 is 1.33 bits per heavy atom. The predicted molar refractivity (Wildman–Crippen MR) is 61.9 cm³/mol. The van der Waals surface area contributed by atoms with Gasteiger partial charge in [0, 0.05) is 12.7 Å². The molecular weight excluding hydrogens is 184 g/mol. The zero-order valence-electron chi connectivity index (χ0n) is 9.07. The molecule has 0 amide bonds. The average Bonchev–Trinajstić information content (AvgIpc) is 2.73. The molecule has 1 saturated carbocycles. The fraction of sp³-hybridized carbons (Fsp3) is 0.357. The zero-order chi connectivity index (χ0) is 10.7. The Morgan fingerprint density at radius 3 is 2.60 bits per heavy atom. The van der Waals surface area contributed by atoms with Crippen LogP contribution < -0.4 is 0 Å². The third-order valence-corrected chi connectivity index (χ3v) is 3.14. The van der Waals surface area contributed by atoms with Crippen LogP contribution in [-0.2, 0) is 4.74 Å². The summed E-state index contributed by atoms with van der Waals surface area (Å²) >= 11 is 0. The van der Waals surface area contributed by atoms with Crippen LogP contribution in [0.25, 0.3) is 0 Å². The maximum absolute atomic E-state index is 5.43. The van der Waals surface area contributed by atoms with E-state index in [1.807, 2.05) is 0 Å². The van der Waals surface area contributed by atoms with Crippen molar-refractivity contribution in [3.63, 3.8) is 0 Å². The third kappa shape index (κ3) is 2.04. The van der Waals surface area contributed by atoms with Crippen molar-refractivity contribution in [2.45, 2.75) is 24.9 Å². The van der Waals surface area contributed by atoms with Crippen molar-refractivity contribution in [1.82, 2.24) is 0 Å². The van der Waals surface area contributed by atoms with Crippen LogP contribution in [0.5, 0.6) is 0 Å². The number of hydrogen-bond donors (Lipinski definition) is 0. The first-order valence-corrected chi connectivity index (χ1v) is 5.31. The highest BCUT2D eigenvalue weighted by Gasteiger charge is 2.29. The summed E-state index contributed by atoms with van der Waals surface area (Å²) in [4.78, 5) is 0. The summed E-state index contributed by atoms with van der Waals surface area (Å²) in [6, 6.07) is 10.6. The Hall–Kier alpha value is -1.30. The highest BCUT2D eigenvalue weighted by Crippen LogP contribution is 2.38. The molecule has 0 heterocycles.